The van der Waals surface area contributed by atoms with Crippen LogP contribution >= 0.6 is 11.6 Å². The van der Waals surface area contributed by atoms with Crippen LogP contribution in [0.1, 0.15) is 45.3 Å². The Morgan fingerprint density at radius 1 is 1.26 bits per heavy atom. The number of aliphatic hydroxyl groups excluding tert-OH is 1. The minimum Gasteiger partial charge on any atom is -0.386 e. The highest BCUT2D eigenvalue weighted by atomic mass is 35.5. The molecule has 0 aliphatic carbocycles. The van der Waals surface area contributed by atoms with Gasteiger partial charge in [-0.05, 0) is 37.0 Å². The highest BCUT2D eigenvalue weighted by Crippen LogP contribution is 2.19. The van der Waals surface area contributed by atoms with Crippen molar-refractivity contribution in [2.45, 2.75) is 45.8 Å². The molecule has 1 amide bonds. The maximum Gasteiger partial charge on any atom is 0.220 e. The molecule has 0 radical (unpaired) electrons. The zero-order valence-electron chi connectivity index (χ0n) is 11.7. The Hall–Kier alpha value is -1.06. The van der Waals surface area contributed by atoms with Gasteiger partial charge in [-0.1, -0.05) is 37.6 Å². The van der Waals surface area contributed by atoms with E-state index in [4.69, 9.17) is 11.6 Å². The molecule has 106 valence electrons. The Bertz CT molecular complexity index is 403. The summed E-state index contributed by atoms with van der Waals surface area (Å²) in [5, 5.41) is 13.6. The Balaban J connectivity index is 2.50. The molecule has 0 bridgehead atoms. The Labute approximate surface area is 120 Å². The van der Waals surface area contributed by atoms with Gasteiger partial charge in [0.25, 0.3) is 0 Å². The lowest BCUT2D eigenvalue weighted by Crippen LogP contribution is -2.37. The van der Waals surface area contributed by atoms with Gasteiger partial charge in [0.2, 0.25) is 5.91 Å². The lowest BCUT2D eigenvalue weighted by atomic mass is 10.0. The first-order valence-electron chi connectivity index (χ1n) is 6.63. The molecule has 0 spiro atoms. The number of rotatable bonds is 6. The lowest BCUT2D eigenvalue weighted by Gasteiger charge is -2.21. The van der Waals surface area contributed by atoms with E-state index >= 15 is 0 Å². The van der Waals surface area contributed by atoms with Crippen LogP contribution in [0.3, 0.4) is 0 Å². The van der Waals surface area contributed by atoms with Crippen molar-refractivity contribution < 1.29 is 9.90 Å². The Kier molecular flexibility index (Phi) is 6.32. The normalized spacial score (nSPS) is 14.2. The van der Waals surface area contributed by atoms with Crippen LogP contribution in [-0.4, -0.2) is 17.1 Å². The number of carbonyl (C=O) groups is 1. The smallest absolute Gasteiger partial charge is 0.220 e. The Morgan fingerprint density at radius 2 is 1.84 bits per heavy atom. The first-order valence-corrected chi connectivity index (χ1v) is 7.01. The molecule has 1 rings (SSSR count). The summed E-state index contributed by atoms with van der Waals surface area (Å²) in [5.74, 6) is 0.483. The third kappa shape index (κ3) is 5.62. The molecule has 2 atom stereocenters. The van der Waals surface area contributed by atoms with E-state index in [2.05, 4.69) is 19.2 Å². The molecule has 2 N–H and O–H groups in total. The van der Waals surface area contributed by atoms with Crippen LogP contribution in [0.5, 0.6) is 0 Å². The van der Waals surface area contributed by atoms with E-state index in [1.807, 2.05) is 0 Å². The molecule has 3 nitrogen and oxygen atoms in total. The minimum atomic E-state index is -0.722. The standard InChI is InChI=1S/C15H22ClNO2/c1-10(2)4-9-14(18)17-11(3)15(19)12-5-7-13(16)8-6-12/h5-8,10-11,15,19H,4,9H2,1-3H3,(H,17,18). The van der Waals surface area contributed by atoms with E-state index in [0.717, 1.165) is 12.0 Å². The second-order valence-electron chi connectivity index (χ2n) is 5.29. The van der Waals surface area contributed by atoms with Gasteiger partial charge in [-0.15, -0.1) is 0 Å². The molecule has 0 heterocycles. The molecule has 0 saturated carbocycles. The summed E-state index contributed by atoms with van der Waals surface area (Å²) in [4.78, 5) is 11.7. The minimum absolute atomic E-state index is 0.0192. The first kappa shape index (κ1) is 16.0. The van der Waals surface area contributed by atoms with Crippen molar-refractivity contribution in [2.75, 3.05) is 0 Å². The van der Waals surface area contributed by atoms with Crippen LogP contribution in [0.15, 0.2) is 24.3 Å². The zero-order chi connectivity index (χ0) is 14.4. The van der Waals surface area contributed by atoms with Gasteiger partial charge in [0.05, 0.1) is 12.1 Å². The molecule has 1 aromatic carbocycles. The van der Waals surface area contributed by atoms with Crippen molar-refractivity contribution in [3.8, 4) is 0 Å². The fourth-order valence-electron chi connectivity index (χ4n) is 1.77. The van der Waals surface area contributed by atoms with E-state index in [1.165, 1.54) is 0 Å². The van der Waals surface area contributed by atoms with E-state index in [9.17, 15) is 9.90 Å². The molecular weight excluding hydrogens is 262 g/mol. The number of aliphatic hydroxyl groups is 1. The number of hydrogen-bond acceptors (Lipinski definition) is 2. The third-order valence-electron chi connectivity index (χ3n) is 3.02. The predicted molar refractivity (Wildman–Crippen MR) is 78.1 cm³/mol. The number of amides is 1. The van der Waals surface area contributed by atoms with Crippen LogP contribution in [0.25, 0.3) is 0 Å². The van der Waals surface area contributed by atoms with Gasteiger partial charge in [-0.2, -0.15) is 0 Å². The number of halogens is 1. The monoisotopic (exact) mass is 283 g/mol. The SMILES string of the molecule is CC(C)CCC(=O)NC(C)C(O)c1ccc(Cl)cc1. The maximum absolute atomic E-state index is 11.7. The molecular formula is C15H22ClNO2. The summed E-state index contributed by atoms with van der Waals surface area (Å²) in [7, 11) is 0. The summed E-state index contributed by atoms with van der Waals surface area (Å²) in [6, 6.07) is 6.68. The van der Waals surface area contributed by atoms with Gasteiger partial charge >= 0.3 is 0 Å². The topological polar surface area (TPSA) is 49.3 Å². The van der Waals surface area contributed by atoms with E-state index in [1.54, 1.807) is 31.2 Å². The molecule has 0 aliphatic heterocycles. The van der Waals surface area contributed by atoms with Gasteiger partial charge in [0, 0.05) is 11.4 Å². The fraction of sp³-hybridized carbons (Fsp3) is 0.533. The van der Waals surface area contributed by atoms with Crippen molar-refractivity contribution >= 4 is 17.5 Å². The average Bonchev–Trinajstić information content (AvgIpc) is 2.36. The van der Waals surface area contributed by atoms with Gasteiger partial charge in [0.1, 0.15) is 0 Å². The third-order valence-corrected chi connectivity index (χ3v) is 3.27. The molecule has 0 saturated heterocycles. The van der Waals surface area contributed by atoms with Crippen LogP contribution < -0.4 is 5.32 Å². The summed E-state index contributed by atoms with van der Waals surface area (Å²) in [5.41, 5.74) is 0.751. The summed E-state index contributed by atoms with van der Waals surface area (Å²) in [6.07, 6.45) is 0.630. The van der Waals surface area contributed by atoms with Crippen LogP contribution in [0.4, 0.5) is 0 Å². The Morgan fingerprint density at radius 3 is 2.37 bits per heavy atom. The number of carbonyl (C=O) groups excluding carboxylic acids is 1. The van der Waals surface area contributed by atoms with Crippen molar-refractivity contribution in [3.63, 3.8) is 0 Å². The van der Waals surface area contributed by atoms with E-state index in [0.29, 0.717) is 17.4 Å². The molecule has 0 aromatic heterocycles. The predicted octanol–water partition coefficient (Wildman–Crippen LogP) is 3.31. The highest BCUT2D eigenvalue weighted by molar-refractivity contribution is 6.30. The summed E-state index contributed by atoms with van der Waals surface area (Å²) in [6.45, 7) is 5.96. The van der Waals surface area contributed by atoms with Gasteiger partial charge in [0.15, 0.2) is 0 Å². The van der Waals surface area contributed by atoms with E-state index in [-0.39, 0.29) is 11.9 Å². The van der Waals surface area contributed by atoms with E-state index < -0.39 is 6.10 Å². The highest BCUT2D eigenvalue weighted by Gasteiger charge is 2.18. The molecule has 2 unspecified atom stereocenters. The van der Waals surface area contributed by atoms with Crippen molar-refractivity contribution in [1.82, 2.24) is 5.32 Å². The number of hydrogen-bond donors (Lipinski definition) is 2. The molecule has 4 heteroatoms. The van der Waals surface area contributed by atoms with Gasteiger partial charge < -0.3 is 10.4 Å². The fourth-order valence-corrected chi connectivity index (χ4v) is 1.90. The lowest BCUT2D eigenvalue weighted by molar-refractivity contribution is -0.122. The summed E-state index contributed by atoms with van der Waals surface area (Å²) < 4.78 is 0. The number of benzene rings is 1. The average molecular weight is 284 g/mol. The molecule has 0 aliphatic rings. The first-order chi connectivity index (χ1) is 8.90. The molecule has 1 aromatic rings. The largest absolute Gasteiger partial charge is 0.386 e. The maximum atomic E-state index is 11.7. The van der Waals surface area contributed by atoms with Crippen LogP contribution in [0.2, 0.25) is 5.02 Å². The second-order valence-corrected chi connectivity index (χ2v) is 5.72. The van der Waals surface area contributed by atoms with Crippen molar-refractivity contribution in [3.05, 3.63) is 34.9 Å². The molecule has 19 heavy (non-hydrogen) atoms. The van der Waals surface area contributed by atoms with Crippen LogP contribution in [-0.2, 0) is 4.79 Å². The quantitative estimate of drug-likeness (QED) is 0.841. The second kappa shape index (κ2) is 7.51. The van der Waals surface area contributed by atoms with Crippen molar-refractivity contribution in [2.24, 2.45) is 5.92 Å². The number of nitrogens with one attached hydrogen (secondary N) is 1. The van der Waals surface area contributed by atoms with Gasteiger partial charge in [-0.3, -0.25) is 4.79 Å². The summed E-state index contributed by atoms with van der Waals surface area (Å²) >= 11 is 5.80. The zero-order valence-corrected chi connectivity index (χ0v) is 12.4. The molecule has 0 fully saturated rings. The van der Waals surface area contributed by atoms with Crippen LogP contribution in [0, 0.1) is 5.92 Å². The van der Waals surface area contributed by atoms with Gasteiger partial charge in [-0.25, -0.2) is 0 Å². The van der Waals surface area contributed by atoms with Crippen molar-refractivity contribution in [1.29, 1.82) is 0 Å².